The molecule has 0 aromatic carbocycles. The highest BCUT2D eigenvalue weighted by atomic mass is 16.6. The lowest BCUT2D eigenvalue weighted by Crippen LogP contribution is -2.28. The van der Waals surface area contributed by atoms with Crippen molar-refractivity contribution in [1.82, 2.24) is 0 Å². The largest absolute Gasteiger partial charge is 0.462 e. The second-order valence-corrected chi connectivity index (χ2v) is 14.4. The number of hydrogen-bond donors (Lipinski definition) is 1. The van der Waals surface area contributed by atoms with Crippen LogP contribution in [0.4, 0.5) is 0 Å². The van der Waals surface area contributed by atoms with Crippen molar-refractivity contribution >= 4 is 11.9 Å². The number of aliphatic hydroxyl groups is 1. The van der Waals surface area contributed by atoms with Gasteiger partial charge in [0.2, 0.25) is 0 Å². The molecule has 5 heteroatoms. The Bertz CT molecular complexity index is 637. The Hall–Kier alpha value is -1.10. The Balaban J connectivity index is 3.44. The van der Waals surface area contributed by atoms with Crippen LogP contribution in [0, 0.1) is 0 Å². The molecule has 0 radical (unpaired) electrons. The molecular formula is C42H82O5. The van der Waals surface area contributed by atoms with Gasteiger partial charge in [-0.15, -0.1) is 0 Å². The standard InChI is InChI=1S/C42H82O5/c1-3-5-7-9-11-13-15-17-18-19-20-21-22-23-24-25-27-28-30-32-34-36-41(44)46-39-40(38-43)47-42(45)37-35-33-31-29-26-16-14-12-10-8-6-4-2/h40,43H,3-39H2,1-2H3. The molecular weight excluding hydrogens is 584 g/mol. The summed E-state index contributed by atoms with van der Waals surface area (Å²) in [5.74, 6) is -0.574. The summed E-state index contributed by atoms with van der Waals surface area (Å²) >= 11 is 0. The van der Waals surface area contributed by atoms with E-state index in [1.807, 2.05) is 0 Å². The molecule has 47 heavy (non-hydrogen) atoms. The molecule has 280 valence electrons. The fourth-order valence-electron chi connectivity index (χ4n) is 6.44. The highest BCUT2D eigenvalue weighted by Gasteiger charge is 2.16. The lowest BCUT2D eigenvalue weighted by atomic mass is 10.0. The molecule has 1 atom stereocenters. The van der Waals surface area contributed by atoms with E-state index in [1.165, 1.54) is 180 Å². The Kier molecular flexibility index (Phi) is 38.4. The molecule has 0 saturated carbocycles. The molecule has 1 unspecified atom stereocenters. The van der Waals surface area contributed by atoms with E-state index in [4.69, 9.17) is 9.47 Å². The van der Waals surface area contributed by atoms with Gasteiger partial charge in [-0.2, -0.15) is 0 Å². The Morgan fingerprint density at radius 1 is 0.404 bits per heavy atom. The van der Waals surface area contributed by atoms with E-state index in [2.05, 4.69) is 13.8 Å². The minimum atomic E-state index is -0.761. The number of rotatable bonds is 39. The number of esters is 2. The molecule has 0 heterocycles. The van der Waals surface area contributed by atoms with Gasteiger partial charge in [0.25, 0.3) is 0 Å². The van der Waals surface area contributed by atoms with Crippen LogP contribution in [-0.2, 0) is 19.1 Å². The number of ether oxygens (including phenoxy) is 2. The first kappa shape index (κ1) is 45.9. The van der Waals surface area contributed by atoms with Crippen molar-refractivity contribution in [2.45, 2.75) is 245 Å². The first-order valence-corrected chi connectivity index (χ1v) is 21.1. The Morgan fingerprint density at radius 2 is 0.660 bits per heavy atom. The minimum Gasteiger partial charge on any atom is -0.462 e. The first-order valence-electron chi connectivity index (χ1n) is 21.1. The topological polar surface area (TPSA) is 72.8 Å². The van der Waals surface area contributed by atoms with Gasteiger partial charge < -0.3 is 14.6 Å². The van der Waals surface area contributed by atoms with Crippen molar-refractivity contribution < 1.29 is 24.2 Å². The highest BCUT2D eigenvalue weighted by Crippen LogP contribution is 2.16. The average molecular weight is 667 g/mol. The average Bonchev–Trinajstić information content (AvgIpc) is 3.07. The summed E-state index contributed by atoms with van der Waals surface area (Å²) in [6.45, 7) is 4.16. The third-order valence-corrected chi connectivity index (χ3v) is 9.65. The maximum atomic E-state index is 12.1. The van der Waals surface area contributed by atoms with E-state index < -0.39 is 6.10 Å². The van der Waals surface area contributed by atoms with E-state index in [0.717, 1.165) is 32.1 Å². The van der Waals surface area contributed by atoms with Crippen molar-refractivity contribution in [3.63, 3.8) is 0 Å². The van der Waals surface area contributed by atoms with Gasteiger partial charge >= 0.3 is 11.9 Å². The third-order valence-electron chi connectivity index (χ3n) is 9.65. The normalized spacial score (nSPS) is 12.0. The van der Waals surface area contributed by atoms with Crippen molar-refractivity contribution in [3.05, 3.63) is 0 Å². The van der Waals surface area contributed by atoms with Gasteiger partial charge in [-0.1, -0.05) is 213 Å². The van der Waals surface area contributed by atoms with Crippen LogP contribution < -0.4 is 0 Å². The molecule has 0 aliphatic heterocycles. The molecule has 0 bridgehead atoms. The lowest BCUT2D eigenvalue weighted by Gasteiger charge is -2.15. The van der Waals surface area contributed by atoms with Crippen LogP contribution in [0.25, 0.3) is 0 Å². The van der Waals surface area contributed by atoms with Crippen molar-refractivity contribution in [2.24, 2.45) is 0 Å². The summed E-state index contributed by atoms with van der Waals surface area (Å²) in [6.07, 6.45) is 43.2. The Morgan fingerprint density at radius 3 is 0.936 bits per heavy atom. The molecule has 0 fully saturated rings. The predicted molar refractivity (Wildman–Crippen MR) is 201 cm³/mol. The zero-order valence-corrected chi connectivity index (χ0v) is 31.8. The molecule has 0 spiro atoms. The first-order chi connectivity index (χ1) is 23.1. The highest BCUT2D eigenvalue weighted by molar-refractivity contribution is 5.70. The number of unbranched alkanes of at least 4 members (excludes halogenated alkanes) is 31. The second kappa shape index (κ2) is 39.3. The van der Waals surface area contributed by atoms with E-state index in [1.54, 1.807) is 0 Å². The van der Waals surface area contributed by atoms with Crippen LogP contribution in [0.3, 0.4) is 0 Å². The molecule has 0 aliphatic carbocycles. The number of aliphatic hydroxyl groups excluding tert-OH is 1. The smallest absolute Gasteiger partial charge is 0.306 e. The van der Waals surface area contributed by atoms with Crippen molar-refractivity contribution in [2.75, 3.05) is 13.2 Å². The zero-order valence-electron chi connectivity index (χ0n) is 31.8. The summed E-state index contributed by atoms with van der Waals surface area (Å²) < 4.78 is 10.6. The molecule has 0 saturated heterocycles. The number of carbonyl (C=O) groups is 2. The fourth-order valence-corrected chi connectivity index (χ4v) is 6.44. The van der Waals surface area contributed by atoms with Crippen molar-refractivity contribution in [1.29, 1.82) is 0 Å². The second-order valence-electron chi connectivity index (χ2n) is 14.4. The monoisotopic (exact) mass is 667 g/mol. The van der Waals surface area contributed by atoms with Crippen LogP contribution in [0.1, 0.15) is 239 Å². The molecule has 0 aromatic heterocycles. The minimum absolute atomic E-state index is 0.0568. The lowest BCUT2D eigenvalue weighted by molar-refractivity contribution is -0.161. The zero-order chi connectivity index (χ0) is 34.3. The Labute approximate surface area is 293 Å². The SMILES string of the molecule is CCCCCCCCCCCCCCCCCCCCCCCC(=O)OCC(CO)OC(=O)CCCCCCCCCCCCCC. The van der Waals surface area contributed by atoms with E-state index in [-0.39, 0.29) is 25.2 Å². The molecule has 5 nitrogen and oxygen atoms in total. The van der Waals surface area contributed by atoms with Crippen LogP contribution >= 0.6 is 0 Å². The summed E-state index contributed by atoms with van der Waals surface area (Å²) in [4.78, 5) is 24.2. The van der Waals surface area contributed by atoms with E-state index >= 15 is 0 Å². The molecule has 0 aromatic rings. The van der Waals surface area contributed by atoms with Crippen LogP contribution in [0.15, 0.2) is 0 Å². The van der Waals surface area contributed by atoms with Crippen molar-refractivity contribution in [3.8, 4) is 0 Å². The van der Waals surface area contributed by atoms with Gasteiger partial charge in [-0.3, -0.25) is 9.59 Å². The van der Waals surface area contributed by atoms with Crippen LogP contribution in [0.5, 0.6) is 0 Å². The van der Waals surface area contributed by atoms with Crippen LogP contribution in [-0.4, -0.2) is 36.4 Å². The van der Waals surface area contributed by atoms with Gasteiger partial charge in [0.1, 0.15) is 6.61 Å². The van der Waals surface area contributed by atoms with Gasteiger partial charge in [-0.05, 0) is 12.8 Å². The number of carbonyl (C=O) groups excluding carboxylic acids is 2. The number of hydrogen-bond acceptors (Lipinski definition) is 5. The maximum Gasteiger partial charge on any atom is 0.306 e. The molecule has 0 aliphatic rings. The van der Waals surface area contributed by atoms with Gasteiger partial charge in [0.05, 0.1) is 6.61 Å². The summed E-state index contributed by atoms with van der Waals surface area (Å²) in [5, 5.41) is 9.55. The summed E-state index contributed by atoms with van der Waals surface area (Å²) in [5.41, 5.74) is 0. The van der Waals surface area contributed by atoms with Gasteiger partial charge in [-0.25, -0.2) is 0 Å². The summed E-state index contributed by atoms with van der Waals surface area (Å²) in [6, 6.07) is 0. The summed E-state index contributed by atoms with van der Waals surface area (Å²) in [7, 11) is 0. The fraction of sp³-hybridized carbons (Fsp3) is 0.952. The van der Waals surface area contributed by atoms with Gasteiger partial charge in [0.15, 0.2) is 6.10 Å². The molecule has 0 amide bonds. The van der Waals surface area contributed by atoms with E-state index in [0.29, 0.717) is 12.8 Å². The predicted octanol–water partition coefficient (Wildman–Crippen LogP) is 13.1. The molecule has 0 rings (SSSR count). The van der Waals surface area contributed by atoms with E-state index in [9.17, 15) is 14.7 Å². The third kappa shape index (κ3) is 37.6. The van der Waals surface area contributed by atoms with Gasteiger partial charge in [0, 0.05) is 12.8 Å². The quantitative estimate of drug-likeness (QED) is 0.0522. The van der Waals surface area contributed by atoms with Crippen LogP contribution in [0.2, 0.25) is 0 Å². The maximum absolute atomic E-state index is 12.1. The molecule has 1 N–H and O–H groups in total.